The van der Waals surface area contributed by atoms with Crippen LogP contribution in [0.1, 0.15) is 24.0 Å². The summed E-state index contributed by atoms with van der Waals surface area (Å²) in [5, 5.41) is 2.65. The van der Waals surface area contributed by atoms with E-state index in [-0.39, 0.29) is 22.5 Å². The summed E-state index contributed by atoms with van der Waals surface area (Å²) in [5.74, 6) is -0.0494. The first-order chi connectivity index (χ1) is 9.31. The second-order valence-corrected chi connectivity index (χ2v) is 6.75. The van der Waals surface area contributed by atoms with Crippen LogP contribution in [0.2, 0.25) is 0 Å². The minimum absolute atomic E-state index is 0.0494. The highest BCUT2D eigenvalue weighted by molar-refractivity contribution is 7.89. The summed E-state index contributed by atoms with van der Waals surface area (Å²) in [6.45, 7) is 3.80. The molecule has 20 heavy (non-hydrogen) atoms. The Morgan fingerprint density at radius 3 is 2.55 bits per heavy atom. The fourth-order valence-electron chi connectivity index (χ4n) is 2.28. The van der Waals surface area contributed by atoms with E-state index in [1.54, 1.807) is 26.0 Å². The molecule has 1 aliphatic rings. The molecule has 0 bridgehead atoms. The van der Waals surface area contributed by atoms with Gasteiger partial charge in [0, 0.05) is 19.0 Å². The molecule has 0 aromatic heterocycles. The Morgan fingerprint density at radius 2 is 1.95 bits per heavy atom. The van der Waals surface area contributed by atoms with Gasteiger partial charge >= 0.3 is 0 Å². The number of nitrogen functional groups attached to an aromatic ring is 1. The average Bonchev–Trinajstić information content (AvgIpc) is 2.37. The Hall–Kier alpha value is -1.60. The molecular weight excluding hydrogens is 278 g/mol. The maximum absolute atomic E-state index is 12.5. The molecule has 1 atom stereocenters. The molecule has 0 aliphatic carbocycles. The molecule has 1 amide bonds. The highest BCUT2D eigenvalue weighted by atomic mass is 32.2. The molecule has 1 aromatic carbocycles. The Morgan fingerprint density at radius 1 is 1.30 bits per heavy atom. The van der Waals surface area contributed by atoms with Crippen LogP contribution in [0.15, 0.2) is 17.0 Å². The van der Waals surface area contributed by atoms with Crippen molar-refractivity contribution in [3.05, 3.63) is 23.3 Å². The molecule has 1 heterocycles. The summed E-state index contributed by atoms with van der Waals surface area (Å²) in [6, 6.07) is 3.24. The van der Waals surface area contributed by atoms with E-state index in [0.717, 1.165) is 5.56 Å². The summed E-state index contributed by atoms with van der Waals surface area (Å²) in [5.41, 5.74) is 7.52. The normalized spacial score (nSPS) is 19.7. The fraction of sp³-hybridized carbons (Fsp3) is 0.462. The van der Waals surface area contributed by atoms with Crippen molar-refractivity contribution < 1.29 is 13.2 Å². The van der Waals surface area contributed by atoms with Gasteiger partial charge in [0.05, 0.1) is 5.69 Å². The number of rotatable bonds is 3. The number of hydrogen-bond donors (Lipinski definition) is 3. The van der Waals surface area contributed by atoms with Crippen LogP contribution in [0.4, 0.5) is 5.69 Å². The molecule has 1 fully saturated rings. The molecule has 1 aromatic rings. The number of benzene rings is 1. The zero-order valence-corrected chi connectivity index (χ0v) is 12.4. The highest BCUT2D eigenvalue weighted by Crippen LogP contribution is 2.26. The standard InChI is InChI=1S/C13H19N3O3S/c1-8-3-4-9(2)13(12(8)14)20(18,19)16-10-5-6-11(17)15-7-10/h3-4,10,16H,5-7,14H2,1-2H3,(H,15,17). The van der Waals surface area contributed by atoms with Gasteiger partial charge in [0.25, 0.3) is 0 Å². The maximum atomic E-state index is 12.5. The lowest BCUT2D eigenvalue weighted by Crippen LogP contribution is -2.47. The molecule has 1 aliphatic heterocycles. The third-order valence-electron chi connectivity index (χ3n) is 3.47. The van der Waals surface area contributed by atoms with Gasteiger partial charge in [-0.15, -0.1) is 0 Å². The van der Waals surface area contributed by atoms with Crippen LogP contribution >= 0.6 is 0 Å². The van der Waals surface area contributed by atoms with Crippen molar-refractivity contribution in [3.8, 4) is 0 Å². The van der Waals surface area contributed by atoms with E-state index in [9.17, 15) is 13.2 Å². The van der Waals surface area contributed by atoms with Gasteiger partial charge in [-0.05, 0) is 31.4 Å². The molecule has 1 unspecified atom stereocenters. The number of carbonyl (C=O) groups excluding carboxylic acids is 1. The molecular formula is C13H19N3O3S. The first kappa shape index (κ1) is 14.8. The number of hydrogen-bond acceptors (Lipinski definition) is 4. The van der Waals surface area contributed by atoms with Gasteiger partial charge in [-0.2, -0.15) is 0 Å². The van der Waals surface area contributed by atoms with Gasteiger partial charge < -0.3 is 11.1 Å². The smallest absolute Gasteiger partial charge is 0.243 e. The predicted molar refractivity (Wildman–Crippen MR) is 76.7 cm³/mol. The van der Waals surface area contributed by atoms with Crippen molar-refractivity contribution in [2.45, 2.75) is 37.6 Å². The van der Waals surface area contributed by atoms with Gasteiger partial charge in [-0.25, -0.2) is 13.1 Å². The van der Waals surface area contributed by atoms with E-state index < -0.39 is 10.0 Å². The number of aryl methyl sites for hydroxylation is 2. The Balaban J connectivity index is 2.27. The zero-order chi connectivity index (χ0) is 14.9. The Kier molecular flexibility index (Phi) is 4.01. The minimum Gasteiger partial charge on any atom is -0.397 e. The maximum Gasteiger partial charge on any atom is 0.243 e. The topological polar surface area (TPSA) is 101 Å². The van der Waals surface area contributed by atoms with Crippen LogP contribution in [0.3, 0.4) is 0 Å². The van der Waals surface area contributed by atoms with Crippen molar-refractivity contribution >= 4 is 21.6 Å². The first-order valence-corrected chi connectivity index (χ1v) is 7.94. The quantitative estimate of drug-likeness (QED) is 0.705. The number of nitrogens with one attached hydrogen (secondary N) is 2. The SMILES string of the molecule is Cc1ccc(C)c(S(=O)(=O)NC2CCC(=O)NC2)c1N. The van der Waals surface area contributed by atoms with E-state index in [1.807, 2.05) is 0 Å². The number of amides is 1. The third-order valence-corrected chi connectivity index (χ3v) is 5.19. The van der Waals surface area contributed by atoms with Gasteiger partial charge in [0.2, 0.25) is 15.9 Å². The summed E-state index contributed by atoms with van der Waals surface area (Å²) >= 11 is 0. The second kappa shape index (κ2) is 5.41. The largest absolute Gasteiger partial charge is 0.397 e. The van der Waals surface area contributed by atoms with Crippen LogP contribution in [-0.4, -0.2) is 26.9 Å². The first-order valence-electron chi connectivity index (χ1n) is 6.46. The van der Waals surface area contributed by atoms with Gasteiger partial charge in [0.15, 0.2) is 0 Å². The van der Waals surface area contributed by atoms with E-state index >= 15 is 0 Å². The number of piperidine rings is 1. The van der Waals surface area contributed by atoms with Crippen molar-refractivity contribution in [1.29, 1.82) is 0 Å². The molecule has 0 spiro atoms. The predicted octanol–water partition coefficient (Wildman–Crippen LogP) is 0.443. The van der Waals surface area contributed by atoms with E-state index in [0.29, 0.717) is 24.9 Å². The fourth-order valence-corrected chi connectivity index (χ4v) is 3.98. The number of nitrogens with two attached hydrogens (primary N) is 1. The van der Waals surface area contributed by atoms with E-state index in [2.05, 4.69) is 10.0 Å². The minimum atomic E-state index is -3.69. The van der Waals surface area contributed by atoms with E-state index in [4.69, 9.17) is 5.73 Å². The molecule has 0 saturated carbocycles. The molecule has 7 heteroatoms. The Bertz CT molecular complexity index is 631. The van der Waals surface area contributed by atoms with E-state index in [1.165, 1.54) is 0 Å². The average molecular weight is 297 g/mol. The van der Waals surface area contributed by atoms with Gasteiger partial charge in [-0.1, -0.05) is 12.1 Å². The van der Waals surface area contributed by atoms with Gasteiger partial charge in [-0.3, -0.25) is 4.79 Å². The molecule has 2 rings (SSSR count). The Labute approximate surface area is 118 Å². The number of sulfonamides is 1. The zero-order valence-electron chi connectivity index (χ0n) is 11.6. The number of anilines is 1. The van der Waals surface area contributed by atoms with Crippen LogP contribution in [-0.2, 0) is 14.8 Å². The lowest BCUT2D eigenvalue weighted by atomic mass is 10.1. The summed E-state index contributed by atoms with van der Waals surface area (Å²) in [7, 11) is -3.69. The van der Waals surface area contributed by atoms with Crippen molar-refractivity contribution in [1.82, 2.24) is 10.0 Å². The van der Waals surface area contributed by atoms with Crippen LogP contribution in [0.25, 0.3) is 0 Å². The molecule has 6 nitrogen and oxygen atoms in total. The summed E-state index contributed by atoms with van der Waals surface area (Å²) in [6.07, 6.45) is 0.825. The monoisotopic (exact) mass is 297 g/mol. The number of carbonyl (C=O) groups is 1. The van der Waals surface area contributed by atoms with Gasteiger partial charge in [0.1, 0.15) is 4.90 Å². The molecule has 110 valence electrons. The van der Waals surface area contributed by atoms with Crippen LogP contribution in [0.5, 0.6) is 0 Å². The lowest BCUT2D eigenvalue weighted by molar-refractivity contribution is -0.122. The van der Waals surface area contributed by atoms with Crippen LogP contribution in [0, 0.1) is 13.8 Å². The summed E-state index contributed by atoms with van der Waals surface area (Å²) < 4.78 is 27.6. The van der Waals surface area contributed by atoms with Crippen LogP contribution < -0.4 is 15.8 Å². The van der Waals surface area contributed by atoms with Crippen molar-refractivity contribution in [2.24, 2.45) is 0 Å². The third kappa shape index (κ3) is 2.94. The van der Waals surface area contributed by atoms with Crippen molar-refractivity contribution in [2.75, 3.05) is 12.3 Å². The molecule has 0 radical (unpaired) electrons. The molecule has 4 N–H and O–H groups in total. The second-order valence-electron chi connectivity index (χ2n) is 5.10. The summed E-state index contributed by atoms with van der Waals surface area (Å²) in [4.78, 5) is 11.2. The highest BCUT2D eigenvalue weighted by Gasteiger charge is 2.27. The van der Waals surface area contributed by atoms with Crippen molar-refractivity contribution in [3.63, 3.8) is 0 Å². The molecule has 1 saturated heterocycles. The lowest BCUT2D eigenvalue weighted by Gasteiger charge is -2.24.